The molecule has 0 radical (unpaired) electrons. The molecule has 0 unspecified atom stereocenters. The molecule has 1 amide bonds. The summed E-state index contributed by atoms with van der Waals surface area (Å²) in [5.74, 6) is 0.542. The highest BCUT2D eigenvalue weighted by molar-refractivity contribution is 5.95. The van der Waals surface area contributed by atoms with E-state index in [4.69, 9.17) is 10.5 Å². The first-order valence-electron chi connectivity index (χ1n) is 6.49. The Kier molecular flexibility index (Phi) is 6.05. The molecule has 0 bridgehead atoms. The highest BCUT2D eigenvalue weighted by atomic mass is 16.5. The highest BCUT2D eigenvalue weighted by Crippen LogP contribution is 2.22. The van der Waals surface area contributed by atoms with Crippen LogP contribution in [0.15, 0.2) is 18.2 Å². The van der Waals surface area contributed by atoms with Crippen LogP contribution in [0, 0.1) is 0 Å². The summed E-state index contributed by atoms with van der Waals surface area (Å²) >= 11 is 0. The monoisotopic (exact) mass is 250 g/mol. The first kappa shape index (κ1) is 14.4. The Morgan fingerprint density at radius 1 is 1.33 bits per heavy atom. The summed E-state index contributed by atoms with van der Waals surface area (Å²) < 4.78 is 5.33. The number of benzene rings is 1. The second-order valence-corrected chi connectivity index (χ2v) is 4.15. The van der Waals surface area contributed by atoms with E-state index in [-0.39, 0.29) is 5.91 Å². The first-order valence-corrected chi connectivity index (χ1v) is 6.49. The molecule has 0 spiro atoms. The van der Waals surface area contributed by atoms with Crippen molar-refractivity contribution in [1.29, 1.82) is 0 Å². The zero-order valence-electron chi connectivity index (χ0n) is 11.2. The largest absolute Gasteiger partial charge is 0.492 e. The van der Waals surface area contributed by atoms with Gasteiger partial charge in [-0.25, -0.2) is 0 Å². The molecule has 0 heterocycles. The van der Waals surface area contributed by atoms with Gasteiger partial charge >= 0.3 is 0 Å². The lowest BCUT2D eigenvalue weighted by molar-refractivity contribution is 0.0953. The molecule has 18 heavy (non-hydrogen) atoms. The molecule has 1 aromatic rings. The molecule has 0 fully saturated rings. The van der Waals surface area contributed by atoms with Gasteiger partial charge in [0.2, 0.25) is 0 Å². The molecule has 0 aromatic heterocycles. The van der Waals surface area contributed by atoms with Crippen LogP contribution in [0.3, 0.4) is 0 Å². The number of nitrogens with one attached hydrogen (secondary N) is 1. The molecule has 0 atom stereocenters. The van der Waals surface area contributed by atoms with Gasteiger partial charge in [0, 0.05) is 12.1 Å². The Morgan fingerprint density at radius 2 is 2.11 bits per heavy atom. The van der Waals surface area contributed by atoms with Crippen LogP contribution in [0.1, 0.15) is 43.5 Å². The molecule has 1 aromatic carbocycles. The number of nitrogens with two attached hydrogens (primary N) is 1. The zero-order valence-corrected chi connectivity index (χ0v) is 11.2. The van der Waals surface area contributed by atoms with E-state index in [1.165, 1.54) is 0 Å². The van der Waals surface area contributed by atoms with Crippen molar-refractivity contribution in [3.8, 4) is 5.75 Å². The van der Waals surface area contributed by atoms with Crippen LogP contribution < -0.4 is 15.8 Å². The van der Waals surface area contributed by atoms with Crippen molar-refractivity contribution in [3.63, 3.8) is 0 Å². The number of amides is 1. The predicted molar refractivity (Wildman–Crippen MR) is 73.9 cm³/mol. The van der Waals surface area contributed by atoms with Crippen molar-refractivity contribution in [2.45, 2.75) is 33.1 Å². The number of nitrogen functional groups attached to an aromatic ring is 1. The Hall–Kier alpha value is -1.71. The fourth-order valence-electron chi connectivity index (χ4n) is 1.66. The number of hydrogen-bond donors (Lipinski definition) is 2. The van der Waals surface area contributed by atoms with Crippen molar-refractivity contribution < 1.29 is 9.53 Å². The van der Waals surface area contributed by atoms with Crippen molar-refractivity contribution in [1.82, 2.24) is 5.32 Å². The van der Waals surface area contributed by atoms with Crippen LogP contribution in [0.4, 0.5) is 5.69 Å². The second kappa shape index (κ2) is 7.58. The summed E-state index contributed by atoms with van der Waals surface area (Å²) in [4.78, 5) is 11.8. The molecular weight excluding hydrogens is 228 g/mol. The van der Waals surface area contributed by atoms with E-state index in [0.717, 1.165) is 19.3 Å². The van der Waals surface area contributed by atoms with E-state index in [1.54, 1.807) is 18.2 Å². The predicted octanol–water partition coefficient (Wildman–Crippen LogP) is 2.59. The molecule has 3 N–H and O–H groups in total. The van der Waals surface area contributed by atoms with Crippen molar-refractivity contribution in [2.24, 2.45) is 0 Å². The van der Waals surface area contributed by atoms with Crippen molar-refractivity contribution in [2.75, 3.05) is 18.9 Å². The number of rotatable bonds is 7. The van der Waals surface area contributed by atoms with Gasteiger partial charge in [0.1, 0.15) is 5.75 Å². The maximum Gasteiger partial charge on any atom is 0.251 e. The average Bonchev–Trinajstić information content (AvgIpc) is 2.37. The summed E-state index contributed by atoms with van der Waals surface area (Å²) in [5.41, 5.74) is 6.89. The number of ether oxygens (including phenoxy) is 1. The summed E-state index contributed by atoms with van der Waals surface area (Å²) in [6.07, 6.45) is 3.28. The lowest BCUT2D eigenvalue weighted by Gasteiger charge is -2.09. The minimum Gasteiger partial charge on any atom is -0.492 e. The van der Waals surface area contributed by atoms with Gasteiger partial charge in [-0.15, -0.1) is 0 Å². The molecule has 0 aliphatic rings. The third-order valence-corrected chi connectivity index (χ3v) is 2.64. The third kappa shape index (κ3) is 4.28. The van der Waals surface area contributed by atoms with E-state index in [1.807, 2.05) is 6.92 Å². The Balaban J connectivity index is 2.55. The van der Waals surface area contributed by atoms with E-state index < -0.39 is 0 Å². The molecule has 100 valence electrons. The maximum absolute atomic E-state index is 11.8. The van der Waals surface area contributed by atoms with Crippen LogP contribution in [0.5, 0.6) is 5.75 Å². The molecule has 0 aliphatic carbocycles. The van der Waals surface area contributed by atoms with Crippen LogP contribution in [-0.2, 0) is 0 Å². The average molecular weight is 250 g/mol. The molecule has 0 aliphatic heterocycles. The van der Waals surface area contributed by atoms with Crippen LogP contribution in [0.25, 0.3) is 0 Å². The molecule has 0 saturated carbocycles. The Labute approximate surface area is 109 Å². The quantitative estimate of drug-likeness (QED) is 0.577. The minimum absolute atomic E-state index is 0.0825. The fourth-order valence-corrected chi connectivity index (χ4v) is 1.66. The normalized spacial score (nSPS) is 10.1. The topological polar surface area (TPSA) is 64.3 Å². The van der Waals surface area contributed by atoms with Gasteiger partial charge in [-0.2, -0.15) is 0 Å². The zero-order chi connectivity index (χ0) is 13.4. The van der Waals surface area contributed by atoms with Crippen LogP contribution in [0.2, 0.25) is 0 Å². The third-order valence-electron chi connectivity index (χ3n) is 2.64. The summed E-state index contributed by atoms with van der Waals surface area (Å²) in [6, 6.07) is 5.12. The standard InChI is InChI=1S/C14H22N2O2/c1-3-5-6-9-16-14(17)11-7-8-13(18-4-2)12(15)10-11/h7-8,10H,3-6,9,15H2,1-2H3,(H,16,17). The van der Waals surface area contributed by atoms with Gasteiger partial charge in [-0.3, -0.25) is 4.79 Å². The van der Waals surface area contributed by atoms with E-state index in [2.05, 4.69) is 12.2 Å². The Bertz CT molecular complexity index is 391. The van der Waals surface area contributed by atoms with Crippen molar-refractivity contribution in [3.05, 3.63) is 23.8 Å². The van der Waals surface area contributed by atoms with E-state index in [0.29, 0.717) is 30.2 Å². The van der Waals surface area contributed by atoms with Gasteiger partial charge in [-0.1, -0.05) is 19.8 Å². The number of hydrogen-bond acceptors (Lipinski definition) is 3. The number of unbranched alkanes of at least 4 members (excludes halogenated alkanes) is 2. The lowest BCUT2D eigenvalue weighted by Crippen LogP contribution is -2.24. The molecule has 0 saturated heterocycles. The second-order valence-electron chi connectivity index (χ2n) is 4.15. The minimum atomic E-state index is -0.0825. The molecule has 4 nitrogen and oxygen atoms in total. The summed E-state index contributed by atoms with van der Waals surface area (Å²) in [5, 5.41) is 2.88. The van der Waals surface area contributed by atoms with Gasteiger partial charge in [0.25, 0.3) is 5.91 Å². The lowest BCUT2D eigenvalue weighted by atomic mass is 10.1. The maximum atomic E-state index is 11.8. The van der Waals surface area contributed by atoms with Gasteiger partial charge in [0.15, 0.2) is 0 Å². The Morgan fingerprint density at radius 3 is 2.72 bits per heavy atom. The van der Waals surface area contributed by atoms with Gasteiger partial charge < -0.3 is 15.8 Å². The molecule has 4 heteroatoms. The van der Waals surface area contributed by atoms with Crippen LogP contribution >= 0.6 is 0 Å². The first-order chi connectivity index (χ1) is 8.69. The summed E-state index contributed by atoms with van der Waals surface area (Å²) in [7, 11) is 0. The molecule has 1 rings (SSSR count). The van der Waals surface area contributed by atoms with Gasteiger partial charge in [-0.05, 0) is 31.5 Å². The summed E-state index contributed by atoms with van der Waals surface area (Å²) in [6.45, 7) is 5.30. The van der Waals surface area contributed by atoms with Crippen molar-refractivity contribution >= 4 is 11.6 Å². The highest BCUT2D eigenvalue weighted by Gasteiger charge is 2.07. The fraction of sp³-hybridized carbons (Fsp3) is 0.500. The molecular formula is C14H22N2O2. The smallest absolute Gasteiger partial charge is 0.251 e. The number of carbonyl (C=O) groups excluding carboxylic acids is 1. The van der Waals surface area contributed by atoms with E-state index in [9.17, 15) is 4.79 Å². The van der Waals surface area contributed by atoms with Gasteiger partial charge in [0.05, 0.1) is 12.3 Å². The van der Waals surface area contributed by atoms with E-state index >= 15 is 0 Å². The number of carbonyl (C=O) groups is 1. The van der Waals surface area contributed by atoms with Crippen LogP contribution in [-0.4, -0.2) is 19.1 Å². The SMILES string of the molecule is CCCCCNC(=O)c1ccc(OCC)c(N)c1. The number of anilines is 1.